The van der Waals surface area contributed by atoms with E-state index in [1.165, 1.54) is 30.9 Å². The molecular weight excluding hydrogens is 575 g/mol. The maximum atomic E-state index is 4.82. The molecule has 0 bridgehead atoms. The SMILES string of the molecule is c1cc(-n2c3cnccc3c3ccncc32)c2sc3ccc(-c4cc(-n5c6cnccc6c6ccncc65)ccn4)cc3c2c1. The van der Waals surface area contributed by atoms with Crippen LogP contribution >= 0.6 is 11.3 Å². The van der Waals surface area contributed by atoms with Crippen molar-refractivity contribution in [1.82, 2.24) is 34.1 Å². The average Bonchev–Trinajstić information content (AvgIpc) is 3.76. The number of thiophene rings is 1. The van der Waals surface area contributed by atoms with E-state index in [2.05, 4.69) is 95.8 Å². The Bertz CT molecular complexity index is 2680. The third kappa shape index (κ3) is 3.48. The molecule has 8 aromatic heterocycles. The summed E-state index contributed by atoms with van der Waals surface area (Å²) in [7, 11) is 0. The van der Waals surface area contributed by atoms with Gasteiger partial charge in [-0.25, -0.2) is 0 Å². The van der Waals surface area contributed by atoms with Gasteiger partial charge in [0.2, 0.25) is 0 Å². The first-order valence-corrected chi connectivity index (χ1v) is 15.4. The lowest BCUT2D eigenvalue weighted by molar-refractivity contribution is 1.14. The molecule has 210 valence electrons. The minimum atomic E-state index is 0.909. The molecular formula is C37H21N7S. The zero-order valence-corrected chi connectivity index (χ0v) is 24.5. The van der Waals surface area contributed by atoms with Crippen molar-refractivity contribution >= 4 is 75.1 Å². The van der Waals surface area contributed by atoms with Crippen LogP contribution in [0.2, 0.25) is 0 Å². The molecule has 8 heterocycles. The Hall–Kier alpha value is -5.99. The molecule has 0 N–H and O–H groups in total. The maximum Gasteiger partial charge on any atom is 0.0725 e. The lowest BCUT2D eigenvalue weighted by atomic mass is 10.1. The lowest BCUT2D eigenvalue weighted by Gasteiger charge is -2.09. The van der Waals surface area contributed by atoms with Crippen molar-refractivity contribution in [2.45, 2.75) is 0 Å². The Morgan fingerprint density at radius 2 is 1.09 bits per heavy atom. The minimum Gasteiger partial charge on any atom is -0.306 e. The van der Waals surface area contributed by atoms with Gasteiger partial charge in [0.15, 0.2) is 0 Å². The van der Waals surface area contributed by atoms with Gasteiger partial charge in [0.25, 0.3) is 0 Å². The van der Waals surface area contributed by atoms with Crippen molar-refractivity contribution in [1.29, 1.82) is 0 Å². The fraction of sp³-hybridized carbons (Fsp3) is 0. The second-order valence-corrected chi connectivity index (χ2v) is 12.2. The van der Waals surface area contributed by atoms with E-state index in [1.807, 2.05) is 73.2 Å². The van der Waals surface area contributed by atoms with Crippen molar-refractivity contribution in [2.75, 3.05) is 0 Å². The van der Waals surface area contributed by atoms with Crippen molar-refractivity contribution in [3.63, 3.8) is 0 Å². The molecule has 0 amide bonds. The molecule has 0 aliphatic carbocycles. The van der Waals surface area contributed by atoms with Crippen LogP contribution in [-0.2, 0) is 0 Å². The first kappa shape index (κ1) is 24.5. The van der Waals surface area contributed by atoms with Crippen molar-refractivity contribution in [3.8, 4) is 22.6 Å². The molecule has 0 unspecified atom stereocenters. The zero-order chi connectivity index (χ0) is 29.5. The highest BCUT2D eigenvalue weighted by Crippen LogP contribution is 2.42. The van der Waals surface area contributed by atoms with Crippen LogP contribution in [0.3, 0.4) is 0 Å². The van der Waals surface area contributed by atoms with E-state index >= 15 is 0 Å². The van der Waals surface area contributed by atoms with Crippen LogP contribution < -0.4 is 0 Å². The van der Waals surface area contributed by atoms with Crippen molar-refractivity contribution in [3.05, 3.63) is 129 Å². The molecule has 0 atom stereocenters. The van der Waals surface area contributed by atoms with Crippen LogP contribution in [0.15, 0.2) is 129 Å². The number of nitrogens with zero attached hydrogens (tertiary/aromatic N) is 7. The smallest absolute Gasteiger partial charge is 0.0725 e. The van der Waals surface area contributed by atoms with Gasteiger partial charge >= 0.3 is 0 Å². The minimum absolute atomic E-state index is 0.909. The molecule has 10 rings (SSSR count). The lowest BCUT2D eigenvalue weighted by Crippen LogP contribution is -1.96. The quantitative estimate of drug-likeness (QED) is 0.204. The molecule has 0 radical (unpaired) electrons. The molecule has 0 spiro atoms. The van der Waals surface area contributed by atoms with E-state index in [0.29, 0.717) is 0 Å². The van der Waals surface area contributed by atoms with Gasteiger partial charge < -0.3 is 9.13 Å². The van der Waals surface area contributed by atoms with Gasteiger partial charge in [0.05, 0.1) is 62.9 Å². The first-order chi connectivity index (χ1) is 22.3. The molecule has 0 saturated heterocycles. The van der Waals surface area contributed by atoms with E-state index in [0.717, 1.165) is 55.5 Å². The highest BCUT2D eigenvalue weighted by molar-refractivity contribution is 7.26. The molecule has 2 aromatic carbocycles. The third-order valence-electron chi connectivity index (χ3n) is 8.76. The Labute approximate surface area is 259 Å². The zero-order valence-electron chi connectivity index (χ0n) is 23.7. The van der Waals surface area contributed by atoms with Crippen LogP contribution in [-0.4, -0.2) is 34.1 Å². The van der Waals surface area contributed by atoms with Crippen LogP contribution in [0.4, 0.5) is 0 Å². The highest BCUT2D eigenvalue weighted by atomic mass is 32.1. The van der Waals surface area contributed by atoms with Crippen LogP contribution in [0, 0.1) is 0 Å². The summed E-state index contributed by atoms with van der Waals surface area (Å²) >= 11 is 1.81. The normalized spacial score (nSPS) is 12.0. The Morgan fingerprint density at radius 3 is 1.71 bits per heavy atom. The largest absolute Gasteiger partial charge is 0.306 e. The van der Waals surface area contributed by atoms with Gasteiger partial charge in [-0.2, -0.15) is 0 Å². The van der Waals surface area contributed by atoms with Crippen molar-refractivity contribution < 1.29 is 0 Å². The summed E-state index contributed by atoms with van der Waals surface area (Å²) in [6, 6.07) is 25.7. The number of aromatic nitrogens is 7. The molecule has 0 aliphatic heterocycles. The predicted molar refractivity (Wildman–Crippen MR) is 182 cm³/mol. The van der Waals surface area contributed by atoms with Gasteiger partial charge in [-0.15, -0.1) is 11.3 Å². The van der Waals surface area contributed by atoms with Gasteiger partial charge in [0.1, 0.15) is 0 Å². The van der Waals surface area contributed by atoms with Gasteiger partial charge in [-0.05, 0) is 54.6 Å². The predicted octanol–water partition coefficient (Wildman–Crippen LogP) is 8.89. The summed E-state index contributed by atoms with van der Waals surface area (Å²) in [5.74, 6) is 0. The summed E-state index contributed by atoms with van der Waals surface area (Å²) in [5.41, 5.74) is 8.35. The number of hydrogen-bond donors (Lipinski definition) is 0. The van der Waals surface area contributed by atoms with E-state index in [4.69, 9.17) is 4.98 Å². The average molecular weight is 596 g/mol. The van der Waals surface area contributed by atoms with Gasteiger partial charge in [-0.1, -0.05) is 18.2 Å². The summed E-state index contributed by atoms with van der Waals surface area (Å²) < 4.78 is 6.97. The molecule has 10 aromatic rings. The second-order valence-electron chi connectivity index (χ2n) is 11.1. The summed E-state index contributed by atoms with van der Waals surface area (Å²) in [4.78, 5) is 22.6. The summed E-state index contributed by atoms with van der Waals surface area (Å²) in [5, 5.41) is 7.07. The Balaban J connectivity index is 1.16. The number of hydrogen-bond acceptors (Lipinski definition) is 6. The van der Waals surface area contributed by atoms with E-state index in [-0.39, 0.29) is 0 Å². The van der Waals surface area contributed by atoms with Crippen LogP contribution in [0.25, 0.3) is 86.4 Å². The first-order valence-electron chi connectivity index (χ1n) is 14.6. The second kappa shape index (κ2) is 9.25. The standard InChI is InChI=1S/C37H21N7S/c1-2-28-29-16-22(30-17-23(6-15-42-30)43-32-18-38-11-7-24(32)25-8-12-39-19-33(25)43)4-5-36(29)45-37(28)31(3-1)44-34-20-40-13-9-26(34)27-10-14-41-21-35(27)44/h1-21H. The van der Waals surface area contributed by atoms with Crippen LogP contribution in [0.5, 0.6) is 0 Å². The number of fused-ring (bicyclic) bond motifs is 9. The summed E-state index contributed by atoms with van der Waals surface area (Å²) in [6.07, 6.45) is 17.0. The molecule has 0 fully saturated rings. The van der Waals surface area contributed by atoms with E-state index in [9.17, 15) is 0 Å². The molecule has 8 heteroatoms. The Morgan fingerprint density at radius 1 is 0.489 bits per heavy atom. The monoisotopic (exact) mass is 595 g/mol. The van der Waals surface area contributed by atoms with E-state index < -0.39 is 0 Å². The molecule has 0 saturated carbocycles. The maximum absolute atomic E-state index is 4.82. The van der Waals surface area contributed by atoms with Gasteiger partial charge in [0, 0.05) is 79.3 Å². The molecule has 45 heavy (non-hydrogen) atoms. The number of pyridine rings is 5. The van der Waals surface area contributed by atoms with Crippen LogP contribution in [0.1, 0.15) is 0 Å². The van der Waals surface area contributed by atoms with Gasteiger partial charge in [-0.3, -0.25) is 24.9 Å². The number of benzene rings is 2. The third-order valence-corrected chi connectivity index (χ3v) is 9.97. The molecule has 7 nitrogen and oxygen atoms in total. The molecule has 0 aliphatic rings. The topological polar surface area (TPSA) is 74.3 Å². The number of rotatable bonds is 3. The fourth-order valence-electron chi connectivity index (χ4n) is 6.80. The Kier molecular flexibility index (Phi) is 5.03. The summed E-state index contributed by atoms with van der Waals surface area (Å²) in [6.45, 7) is 0. The van der Waals surface area contributed by atoms with E-state index in [1.54, 1.807) is 0 Å². The fourth-order valence-corrected chi connectivity index (χ4v) is 7.99. The highest BCUT2D eigenvalue weighted by Gasteiger charge is 2.18. The van der Waals surface area contributed by atoms with Crippen molar-refractivity contribution in [2.24, 2.45) is 0 Å².